The number of rotatable bonds is 2. The molecule has 6 heteroatoms. The second-order valence-electron chi connectivity index (χ2n) is 7.12. The van der Waals surface area contributed by atoms with E-state index in [1.807, 2.05) is 12.1 Å². The maximum absolute atomic E-state index is 9.30. The molecule has 0 bridgehead atoms. The average molecular weight is 347 g/mol. The smallest absolute Gasteiger partial charge is 0.163 e. The first-order valence-corrected chi connectivity index (χ1v) is 9.19. The molecule has 6 nitrogen and oxygen atoms in total. The minimum atomic E-state index is 0.411. The Morgan fingerprint density at radius 2 is 2.35 bits per heavy atom. The van der Waals surface area contributed by atoms with Gasteiger partial charge in [0.05, 0.1) is 18.9 Å². The summed E-state index contributed by atoms with van der Waals surface area (Å²) in [5.74, 6) is 0.515. The first-order valence-electron chi connectivity index (χ1n) is 9.19. The van der Waals surface area contributed by atoms with Gasteiger partial charge in [-0.05, 0) is 42.8 Å². The van der Waals surface area contributed by atoms with Crippen LogP contribution < -0.4 is 15.5 Å². The summed E-state index contributed by atoms with van der Waals surface area (Å²) < 4.78 is 5.86. The molecule has 26 heavy (non-hydrogen) atoms. The summed E-state index contributed by atoms with van der Waals surface area (Å²) in [5, 5.41) is 16.3. The standard InChI is InChI=1S/C20H21N5O/c21-10-18-17(2-1-4-23-18)24-14-8-13-12-26-7-6-25-19-3-5-22-11-16(19)15(9-14)20(13)25/h1-2,4,8-9,16,19,22,24H,3,5-7,11-12H2/t16-,19-/m0/s1. The molecule has 0 aliphatic carbocycles. The highest BCUT2D eigenvalue weighted by molar-refractivity contribution is 5.75. The van der Waals surface area contributed by atoms with E-state index in [1.165, 1.54) is 23.2 Å². The summed E-state index contributed by atoms with van der Waals surface area (Å²) in [5.41, 5.74) is 6.16. The van der Waals surface area contributed by atoms with Gasteiger partial charge in [0.1, 0.15) is 6.07 Å². The summed E-state index contributed by atoms with van der Waals surface area (Å²) in [4.78, 5) is 6.71. The Hall–Kier alpha value is -2.62. The third kappa shape index (κ3) is 2.44. The molecule has 0 amide bonds. The average Bonchev–Trinajstić information content (AvgIpc) is 2.84. The molecule has 132 valence electrons. The summed E-state index contributed by atoms with van der Waals surface area (Å²) >= 11 is 0. The van der Waals surface area contributed by atoms with Gasteiger partial charge in [0.15, 0.2) is 5.69 Å². The quantitative estimate of drug-likeness (QED) is 0.870. The van der Waals surface area contributed by atoms with Gasteiger partial charge in [-0.15, -0.1) is 0 Å². The highest BCUT2D eigenvalue weighted by Gasteiger charge is 2.41. The Morgan fingerprint density at radius 1 is 1.38 bits per heavy atom. The van der Waals surface area contributed by atoms with E-state index in [9.17, 15) is 5.26 Å². The van der Waals surface area contributed by atoms with E-state index in [0.717, 1.165) is 37.6 Å². The first kappa shape index (κ1) is 15.6. The van der Waals surface area contributed by atoms with E-state index in [4.69, 9.17) is 4.74 Å². The van der Waals surface area contributed by atoms with Gasteiger partial charge in [0, 0.05) is 48.2 Å². The molecule has 0 unspecified atom stereocenters. The van der Waals surface area contributed by atoms with Crippen LogP contribution in [0.15, 0.2) is 30.5 Å². The van der Waals surface area contributed by atoms with Gasteiger partial charge in [0.2, 0.25) is 0 Å². The SMILES string of the molecule is N#Cc1ncccc1Nc1cc2c3c(c1)[C@@H]1CNCC[C@@H]1N3CCOC2. The zero-order valence-electron chi connectivity index (χ0n) is 14.5. The molecule has 2 atom stereocenters. The van der Waals surface area contributed by atoms with E-state index in [-0.39, 0.29) is 0 Å². The zero-order valence-corrected chi connectivity index (χ0v) is 14.5. The van der Waals surface area contributed by atoms with Crippen molar-refractivity contribution in [3.8, 4) is 6.07 Å². The third-order valence-corrected chi connectivity index (χ3v) is 5.68. The van der Waals surface area contributed by atoms with E-state index in [2.05, 4.69) is 38.7 Å². The lowest BCUT2D eigenvalue weighted by molar-refractivity contribution is 0.130. The number of nitriles is 1. The molecular weight excluding hydrogens is 326 g/mol. The van der Waals surface area contributed by atoms with Gasteiger partial charge in [-0.25, -0.2) is 4.98 Å². The van der Waals surface area contributed by atoms with E-state index < -0.39 is 0 Å². The fourth-order valence-corrected chi connectivity index (χ4v) is 4.61. The molecule has 0 radical (unpaired) electrons. The van der Waals surface area contributed by atoms with Crippen LogP contribution in [0.2, 0.25) is 0 Å². The predicted molar refractivity (Wildman–Crippen MR) is 99.7 cm³/mol. The lowest BCUT2D eigenvalue weighted by Gasteiger charge is -2.33. The van der Waals surface area contributed by atoms with E-state index in [0.29, 0.717) is 24.3 Å². The van der Waals surface area contributed by atoms with Crippen LogP contribution in [0.3, 0.4) is 0 Å². The van der Waals surface area contributed by atoms with Gasteiger partial charge in [-0.1, -0.05) is 0 Å². The van der Waals surface area contributed by atoms with Crippen molar-refractivity contribution >= 4 is 17.1 Å². The molecule has 3 aliphatic rings. The van der Waals surface area contributed by atoms with Gasteiger partial charge < -0.3 is 20.3 Å². The minimum absolute atomic E-state index is 0.411. The summed E-state index contributed by atoms with van der Waals surface area (Å²) in [7, 11) is 0. The molecule has 4 heterocycles. The summed E-state index contributed by atoms with van der Waals surface area (Å²) in [6, 6.07) is 10.9. The van der Waals surface area contributed by atoms with Crippen LogP contribution in [0.5, 0.6) is 0 Å². The lowest BCUT2D eigenvalue weighted by atomic mass is 9.89. The van der Waals surface area contributed by atoms with Crippen molar-refractivity contribution in [1.82, 2.24) is 10.3 Å². The number of benzene rings is 1. The van der Waals surface area contributed by atoms with E-state index in [1.54, 1.807) is 6.20 Å². The van der Waals surface area contributed by atoms with Crippen LogP contribution in [-0.4, -0.2) is 37.3 Å². The zero-order chi connectivity index (χ0) is 17.5. The molecule has 1 aromatic heterocycles. The van der Waals surface area contributed by atoms with Crippen molar-refractivity contribution in [2.24, 2.45) is 0 Å². The van der Waals surface area contributed by atoms with Crippen molar-refractivity contribution in [3.05, 3.63) is 47.3 Å². The van der Waals surface area contributed by atoms with Crippen LogP contribution in [0.4, 0.5) is 17.1 Å². The Bertz CT molecular complexity index is 890. The highest BCUT2D eigenvalue weighted by atomic mass is 16.5. The molecule has 2 aromatic rings. The molecule has 5 rings (SSSR count). The molecule has 2 N–H and O–H groups in total. The molecule has 1 saturated heterocycles. The van der Waals surface area contributed by atoms with Gasteiger partial charge in [0.25, 0.3) is 0 Å². The van der Waals surface area contributed by atoms with Crippen LogP contribution >= 0.6 is 0 Å². The van der Waals surface area contributed by atoms with Crippen LogP contribution in [-0.2, 0) is 11.3 Å². The number of hydrogen-bond donors (Lipinski definition) is 2. The Balaban J connectivity index is 1.58. The van der Waals surface area contributed by atoms with Crippen molar-refractivity contribution in [2.75, 3.05) is 36.5 Å². The number of aromatic nitrogens is 1. The maximum atomic E-state index is 9.30. The minimum Gasteiger partial charge on any atom is -0.375 e. The van der Waals surface area contributed by atoms with Crippen LogP contribution in [0.25, 0.3) is 0 Å². The lowest BCUT2D eigenvalue weighted by Crippen LogP contribution is -2.44. The number of nitrogens with one attached hydrogen (secondary N) is 2. The van der Waals surface area contributed by atoms with Crippen molar-refractivity contribution in [1.29, 1.82) is 5.26 Å². The van der Waals surface area contributed by atoms with E-state index >= 15 is 0 Å². The summed E-state index contributed by atoms with van der Waals surface area (Å²) in [6.45, 7) is 4.48. The van der Waals surface area contributed by atoms with Gasteiger partial charge in [-0.2, -0.15) is 5.26 Å². The molecular formula is C20H21N5O. The molecule has 1 fully saturated rings. The Kier molecular flexibility index (Phi) is 3.77. The van der Waals surface area contributed by atoms with Crippen molar-refractivity contribution in [2.45, 2.75) is 25.0 Å². The number of fused-ring (bicyclic) bond motifs is 3. The topological polar surface area (TPSA) is 73.2 Å². The molecule has 3 aliphatic heterocycles. The fraction of sp³-hybridized carbons (Fsp3) is 0.400. The fourth-order valence-electron chi connectivity index (χ4n) is 4.61. The number of anilines is 3. The third-order valence-electron chi connectivity index (χ3n) is 5.68. The predicted octanol–water partition coefficient (Wildman–Crippen LogP) is 2.49. The maximum Gasteiger partial charge on any atom is 0.163 e. The van der Waals surface area contributed by atoms with Gasteiger partial charge in [-0.3, -0.25) is 0 Å². The van der Waals surface area contributed by atoms with Crippen LogP contribution in [0, 0.1) is 11.3 Å². The molecule has 1 aromatic carbocycles. The normalized spacial score (nSPS) is 23.6. The number of hydrogen-bond acceptors (Lipinski definition) is 6. The second kappa shape index (κ2) is 6.27. The van der Waals surface area contributed by atoms with Crippen LogP contribution in [0.1, 0.15) is 29.2 Å². The number of piperidine rings is 1. The highest BCUT2D eigenvalue weighted by Crippen LogP contribution is 2.47. The van der Waals surface area contributed by atoms with Crippen molar-refractivity contribution in [3.63, 3.8) is 0 Å². The van der Waals surface area contributed by atoms with Gasteiger partial charge >= 0.3 is 0 Å². The molecule has 0 saturated carbocycles. The molecule has 0 spiro atoms. The largest absolute Gasteiger partial charge is 0.375 e. The Morgan fingerprint density at radius 3 is 3.27 bits per heavy atom. The number of nitrogens with zero attached hydrogens (tertiary/aromatic N) is 3. The Labute approximate surface area is 152 Å². The van der Waals surface area contributed by atoms with Crippen molar-refractivity contribution < 1.29 is 4.74 Å². The number of ether oxygens (including phenoxy) is 1. The first-order chi connectivity index (χ1) is 12.8. The summed E-state index contributed by atoms with van der Waals surface area (Å²) in [6.07, 6.45) is 2.81. The monoisotopic (exact) mass is 347 g/mol. The second-order valence-corrected chi connectivity index (χ2v) is 7.12. The number of pyridine rings is 1.